The Hall–Kier alpha value is -2.06. The largest absolute Gasteiger partial charge is 0.433 e. The standard InChI is InChI=1S/C14H15F3N4O/c15-14(16,17)13-5-6-19-21(13)11-3-1-10(2-4-11)20-8-12(7-18)22-9-20/h1-6,12H,7-9,18H2. The normalized spacial score (nSPS) is 18.9. The maximum Gasteiger partial charge on any atom is 0.433 e. The Labute approximate surface area is 125 Å². The van der Waals surface area contributed by atoms with Gasteiger partial charge in [-0.2, -0.15) is 18.3 Å². The molecule has 1 atom stereocenters. The predicted molar refractivity (Wildman–Crippen MR) is 74.7 cm³/mol. The number of halogens is 3. The third-order valence-electron chi connectivity index (χ3n) is 3.55. The molecule has 3 rings (SSSR count). The fraction of sp³-hybridized carbons (Fsp3) is 0.357. The summed E-state index contributed by atoms with van der Waals surface area (Å²) in [6.45, 7) is 1.54. The first-order valence-corrected chi connectivity index (χ1v) is 6.77. The first-order valence-electron chi connectivity index (χ1n) is 6.77. The number of nitrogens with zero attached hydrogens (tertiary/aromatic N) is 3. The molecule has 22 heavy (non-hydrogen) atoms. The number of hydrogen-bond donors (Lipinski definition) is 1. The second-order valence-corrected chi connectivity index (χ2v) is 5.02. The summed E-state index contributed by atoms with van der Waals surface area (Å²) in [6, 6.07) is 7.66. The van der Waals surface area contributed by atoms with Crippen LogP contribution in [0, 0.1) is 0 Å². The molecule has 0 aliphatic carbocycles. The van der Waals surface area contributed by atoms with Crippen LogP contribution in [-0.4, -0.2) is 35.7 Å². The van der Waals surface area contributed by atoms with E-state index < -0.39 is 11.9 Å². The minimum absolute atomic E-state index is 0.0115. The highest BCUT2D eigenvalue weighted by molar-refractivity contribution is 5.51. The van der Waals surface area contributed by atoms with Crippen LogP contribution in [0.4, 0.5) is 18.9 Å². The van der Waals surface area contributed by atoms with Gasteiger partial charge in [0.15, 0.2) is 0 Å². The van der Waals surface area contributed by atoms with E-state index in [0.717, 1.165) is 22.6 Å². The highest BCUT2D eigenvalue weighted by Gasteiger charge is 2.35. The lowest BCUT2D eigenvalue weighted by atomic mass is 10.2. The Balaban J connectivity index is 1.82. The summed E-state index contributed by atoms with van der Waals surface area (Å²) in [6.07, 6.45) is -3.31. The van der Waals surface area contributed by atoms with E-state index in [1.54, 1.807) is 24.3 Å². The van der Waals surface area contributed by atoms with Crippen molar-refractivity contribution < 1.29 is 17.9 Å². The smallest absolute Gasteiger partial charge is 0.355 e. The average molecular weight is 312 g/mol. The minimum atomic E-state index is -4.44. The molecule has 2 N–H and O–H groups in total. The van der Waals surface area contributed by atoms with E-state index in [4.69, 9.17) is 10.5 Å². The number of aromatic nitrogens is 2. The summed E-state index contributed by atoms with van der Waals surface area (Å²) < 4.78 is 45.0. The number of ether oxygens (including phenoxy) is 1. The van der Waals surface area contributed by atoms with Gasteiger partial charge in [0.2, 0.25) is 0 Å². The van der Waals surface area contributed by atoms with Gasteiger partial charge in [0.05, 0.1) is 18.0 Å². The first-order chi connectivity index (χ1) is 10.5. The van der Waals surface area contributed by atoms with E-state index in [-0.39, 0.29) is 6.10 Å². The topological polar surface area (TPSA) is 56.3 Å². The van der Waals surface area contributed by atoms with Crippen molar-refractivity contribution in [3.05, 3.63) is 42.2 Å². The van der Waals surface area contributed by atoms with E-state index in [9.17, 15) is 13.2 Å². The fourth-order valence-electron chi connectivity index (χ4n) is 2.40. The second-order valence-electron chi connectivity index (χ2n) is 5.02. The van der Waals surface area contributed by atoms with Crippen LogP contribution in [0.5, 0.6) is 0 Å². The number of rotatable bonds is 3. The third-order valence-corrected chi connectivity index (χ3v) is 3.55. The number of nitrogens with two attached hydrogens (primary N) is 1. The molecule has 1 unspecified atom stereocenters. The Bertz CT molecular complexity index is 638. The van der Waals surface area contributed by atoms with E-state index in [1.165, 1.54) is 0 Å². The lowest BCUT2D eigenvalue weighted by Gasteiger charge is -2.17. The summed E-state index contributed by atoms with van der Waals surface area (Å²) in [5, 5.41) is 3.75. The summed E-state index contributed by atoms with van der Waals surface area (Å²) in [4.78, 5) is 1.98. The van der Waals surface area contributed by atoms with Crippen LogP contribution >= 0.6 is 0 Å². The van der Waals surface area contributed by atoms with E-state index in [0.29, 0.717) is 25.5 Å². The molecule has 1 saturated heterocycles. The molecule has 8 heteroatoms. The van der Waals surface area contributed by atoms with Crippen LogP contribution < -0.4 is 10.6 Å². The zero-order valence-electron chi connectivity index (χ0n) is 11.6. The summed E-state index contributed by atoms with van der Waals surface area (Å²) in [5.74, 6) is 0. The van der Waals surface area contributed by atoms with Crippen molar-refractivity contribution in [3.8, 4) is 5.69 Å². The Morgan fingerprint density at radius 2 is 1.86 bits per heavy atom. The Morgan fingerprint density at radius 1 is 1.18 bits per heavy atom. The molecule has 5 nitrogen and oxygen atoms in total. The van der Waals surface area contributed by atoms with E-state index >= 15 is 0 Å². The van der Waals surface area contributed by atoms with Crippen molar-refractivity contribution in [3.63, 3.8) is 0 Å². The maximum atomic E-state index is 12.9. The molecule has 0 bridgehead atoms. The molecule has 118 valence electrons. The van der Waals surface area contributed by atoms with Crippen LogP contribution in [0.1, 0.15) is 5.69 Å². The molecule has 0 radical (unpaired) electrons. The summed E-state index contributed by atoms with van der Waals surface area (Å²) in [5.41, 5.74) is 5.99. The van der Waals surface area contributed by atoms with Gasteiger partial charge in [0.25, 0.3) is 0 Å². The Kier molecular flexibility index (Phi) is 3.79. The molecular formula is C14H15F3N4O. The molecule has 2 aromatic rings. The van der Waals surface area contributed by atoms with Crippen molar-refractivity contribution in [1.82, 2.24) is 9.78 Å². The van der Waals surface area contributed by atoms with E-state index in [2.05, 4.69) is 5.10 Å². The lowest BCUT2D eigenvalue weighted by molar-refractivity contribution is -0.142. The highest BCUT2D eigenvalue weighted by atomic mass is 19.4. The van der Waals surface area contributed by atoms with Crippen molar-refractivity contribution >= 4 is 5.69 Å². The predicted octanol–water partition coefficient (Wildman–Crippen LogP) is 2.01. The second kappa shape index (κ2) is 5.62. The number of hydrogen-bond acceptors (Lipinski definition) is 4. The van der Waals surface area contributed by atoms with E-state index in [1.807, 2.05) is 4.90 Å². The zero-order chi connectivity index (χ0) is 15.7. The summed E-state index contributed by atoms with van der Waals surface area (Å²) >= 11 is 0. The van der Waals surface area contributed by atoms with Gasteiger partial charge in [0, 0.05) is 18.8 Å². The van der Waals surface area contributed by atoms with Gasteiger partial charge in [-0.25, -0.2) is 4.68 Å². The molecule has 0 amide bonds. The van der Waals surface area contributed by atoms with Crippen LogP contribution in [0.25, 0.3) is 5.69 Å². The monoisotopic (exact) mass is 312 g/mol. The van der Waals surface area contributed by atoms with Gasteiger partial charge in [-0.05, 0) is 30.3 Å². The minimum Gasteiger partial charge on any atom is -0.355 e. The Morgan fingerprint density at radius 3 is 2.45 bits per heavy atom. The van der Waals surface area contributed by atoms with Gasteiger partial charge in [0.1, 0.15) is 12.4 Å². The number of benzene rings is 1. The molecule has 0 spiro atoms. The van der Waals surface area contributed by atoms with Crippen molar-refractivity contribution in [1.29, 1.82) is 0 Å². The zero-order valence-corrected chi connectivity index (χ0v) is 11.6. The molecular weight excluding hydrogens is 297 g/mol. The van der Waals surface area contributed by atoms with Crippen molar-refractivity contribution in [2.75, 3.05) is 24.7 Å². The fourth-order valence-corrected chi connectivity index (χ4v) is 2.40. The van der Waals surface area contributed by atoms with Crippen molar-refractivity contribution in [2.24, 2.45) is 5.73 Å². The number of alkyl halides is 3. The first kappa shape index (κ1) is 14.9. The quantitative estimate of drug-likeness (QED) is 0.942. The molecule has 1 fully saturated rings. The maximum absolute atomic E-state index is 12.9. The van der Waals surface area contributed by atoms with Gasteiger partial charge < -0.3 is 15.4 Å². The molecule has 0 saturated carbocycles. The van der Waals surface area contributed by atoms with Crippen LogP contribution in [-0.2, 0) is 10.9 Å². The van der Waals surface area contributed by atoms with Gasteiger partial charge in [-0.15, -0.1) is 0 Å². The third kappa shape index (κ3) is 2.79. The van der Waals surface area contributed by atoms with Gasteiger partial charge in [-0.1, -0.05) is 0 Å². The summed E-state index contributed by atoms with van der Waals surface area (Å²) in [7, 11) is 0. The average Bonchev–Trinajstić information content (AvgIpc) is 3.16. The SMILES string of the molecule is NCC1CN(c2ccc(-n3nccc3C(F)(F)F)cc2)CO1. The highest BCUT2D eigenvalue weighted by Crippen LogP contribution is 2.31. The van der Waals surface area contributed by atoms with Crippen LogP contribution in [0.3, 0.4) is 0 Å². The van der Waals surface area contributed by atoms with Gasteiger partial charge >= 0.3 is 6.18 Å². The lowest BCUT2D eigenvalue weighted by Crippen LogP contribution is -2.26. The molecule has 1 aliphatic heterocycles. The molecule has 1 aliphatic rings. The van der Waals surface area contributed by atoms with Crippen LogP contribution in [0.2, 0.25) is 0 Å². The molecule has 2 heterocycles. The van der Waals surface area contributed by atoms with Crippen molar-refractivity contribution in [2.45, 2.75) is 12.3 Å². The number of anilines is 1. The van der Waals surface area contributed by atoms with Crippen LogP contribution in [0.15, 0.2) is 36.5 Å². The molecule has 1 aromatic carbocycles. The molecule has 1 aromatic heterocycles. The van der Waals surface area contributed by atoms with Gasteiger partial charge in [-0.3, -0.25) is 0 Å².